The van der Waals surface area contributed by atoms with Crippen molar-refractivity contribution in [2.24, 2.45) is 0 Å². The third-order valence-electron chi connectivity index (χ3n) is 5.27. The first-order chi connectivity index (χ1) is 13.1. The van der Waals surface area contributed by atoms with Crippen molar-refractivity contribution in [3.8, 4) is 5.75 Å². The Morgan fingerprint density at radius 2 is 2.15 bits per heavy atom. The summed E-state index contributed by atoms with van der Waals surface area (Å²) >= 11 is 0. The van der Waals surface area contributed by atoms with Crippen molar-refractivity contribution in [2.45, 2.75) is 32.4 Å². The number of piperazine rings is 1. The molecule has 4 rings (SSSR count). The molecule has 1 aromatic carbocycles. The predicted octanol–water partition coefficient (Wildman–Crippen LogP) is 2.38. The smallest absolute Gasteiger partial charge is 0.276 e. The minimum Gasteiger partial charge on any atom is -0.486 e. The molecule has 2 aromatic rings. The fourth-order valence-electron chi connectivity index (χ4n) is 3.78. The summed E-state index contributed by atoms with van der Waals surface area (Å²) in [4.78, 5) is 28.5. The van der Waals surface area contributed by atoms with E-state index in [1.54, 1.807) is 30.3 Å². The molecule has 142 valence electrons. The zero-order chi connectivity index (χ0) is 18.8. The van der Waals surface area contributed by atoms with Gasteiger partial charge in [-0.15, -0.1) is 0 Å². The molecule has 7 heteroatoms. The Balaban J connectivity index is 1.36. The van der Waals surface area contributed by atoms with Crippen molar-refractivity contribution < 1.29 is 18.8 Å². The van der Waals surface area contributed by atoms with E-state index in [4.69, 9.17) is 9.26 Å². The van der Waals surface area contributed by atoms with E-state index >= 15 is 0 Å². The molecule has 3 heterocycles. The number of ether oxygens (including phenoxy) is 1. The lowest BCUT2D eigenvalue weighted by Gasteiger charge is -2.37. The number of amides is 1. The number of ketones is 1. The van der Waals surface area contributed by atoms with Crippen molar-refractivity contribution in [1.29, 1.82) is 0 Å². The van der Waals surface area contributed by atoms with E-state index in [0.717, 1.165) is 32.6 Å². The fraction of sp³-hybridized carbons (Fsp3) is 0.450. The van der Waals surface area contributed by atoms with Gasteiger partial charge in [0.15, 0.2) is 17.2 Å². The Bertz CT molecular complexity index is 847. The molecule has 0 aliphatic carbocycles. The Kier molecular flexibility index (Phi) is 4.94. The monoisotopic (exact) mass is 369 g/mol. The van der Waals surface area contributed by atoms with Gasteiger partial charge in [0.2, 0.25) is 0 Å². The number of carbonyl (C=O) groups is 2. The second-order valence-electron chi connectivity index (χ2n) is 7.13. The van der Waals surface area contributed by atoms with Crippen LogP contribution < -0.4 is 4.74 Å². The molecular weight excluding hydrogens is 346 g/mol. The van der Waals surface area contributed by atoms with E-state index in [1.165, 1.54) is 13.3 Å². The van der Waals surface area contributed by atoms with Gasteiger partial charge in [0.25, 0.3) is 5.91 Å². The first-order valence-corrected chi connectivity index (χ1v) is 9.33. The average molecular weight is 369 g/mol. The Morgan fingerprint density at radius 1 is 1.26 bits per heavy atom. The topological polar surface area (TPSA) is 75.9 Å². The number of aromatic nitrogens is 1. The highest BCUT2D eigenvalue weighted by Gasteiger charge is 2.33. The van der Waals surface area contributed by atoms with Crippen LogP contribution >= 0.6 is 0 Å². The molecule has 0 spiro atoms. The van der Waals surface area contributed by atoms with E-state index in [0.29, 0.717) is 28.8 Å². The van der Waals surface area contributed by atoms with Crippen molar-refractivity contribution in [1.82, 2.24) is 15.0 Å². The zero-order valence-corrected chi connectivity index (χ0v) is 15.4. The van der Waals surface area contributed by atoms with Crippen LogP contribution in [0.25, 0.3) is 0 Å². The number of Topliss-reactive ketones (excluding diaryl/α,β-unsaturated/α-hetero) is 1. The van der Waals surface area contributed by atoms with E-state index < -0.39 is 0 Å². The second kappa shape index (κ2) is 7.52. The molecule has 0 N–H and O–H groups in total. The summed E-state index contributed by atoms with van der Waals surface area (Å²) in [5.41, 5.74) is 0.907. The van der Waals surface area contributed by atoms with Gasteiger partial charge in [0, 0.05) is 37.3 Å². The summed E-state index contributed by atoms with van der Waals surface area (Å²) < 4.78 is 10.9. The molecule has 2 aliphatic rings. The average Bonchev–Trinajstić information content (AvgIpc) is 3.34. The maximum atomic E-state index is 12.7. The molecule has 2 saturated heterocycles. The Labute approximate surface area is 157 Å². The summed E-state index contributed by atoms with van der Waals surface area (Å²) in [6, 6.07) is 9.08. The van der Waals surface area contributed by atoms with Gasteiger partial charge >= 0.3 is 0 Å². The zero-order valence-electron chi connectivity index (χ0n) is 15.4. The van der Waals surface area contributed by atoms with Crippen molar-refractivity contribution >= 4 is 11.7 Å². The van der Waals surface area contributed by atoms with Crippen LogP contribution in [-0.4, -0.2) is 58.9 Å². The molecule has 27 heavy (non-hydrogen) atoms. The number of carbonyl (C=O) groups excluding carboxylic acids is 2. The molecule has 0 radical (unpaired) electrons. The minimum absolute atomic E-state index is 0.0182. The van der Waals surface area contributed by atoms with Gasteiger partial charge in [0.05, 0.1) is 0 Å². The number of rotatable bonds is 5. The van der Waals surface area contributed by atoms with Gasteiger partial charge in [0.1, 0.15) is 12.4 Å². The number of benzene rings is 1. The highest BCUT2D eigenvalue weighted by atomic mass is 16.5. The largest absolute Gasteiger partial charge is 0.486 e. The SMILES string of the molecule is CC(=O)c1cccc(OCc2cc(C(=O)N3CCN4CCC[C@H]4C3)no2)c1. The van der Waals surface area contributed by atoms with E-state index in [2.05, 4.69) is 10.1 Å². The van der Waals surface area contributed by atoms with Crippen LogP contribution in [0, 0.1) is 0 Å². The highest BCUT2D eigenvalue weighted by Crippen LogP contribution is 2.23. The number of fused-ring (bicyclic) bond motifs is 1. The van der Waals surface area contributed by atoms with Crippen LogP contribution in [0.3, 0.4) is 0 Å². The molecule has 1 atom stereocenters. The minimum atomic E-state index is -0.0878. The first-order valence-electron chi connectivity index (χ1n) is 9.33. The molecule has 0 saturated carbocycles. The van der Waals surface area contributed by atoms with Crippen LogP contribution in [0.2, 0.25) is 0 Å². The summed E-state index contributed by atoms with van der Waals surface area (Å²) in [5, 5.41) is 3.92. The first kappa shape index (κ1) is 17.7. The normalized spacial score (nSPS) is 19.7. The van der Waals surface area contributed by atoms with Crippen LogP contribution in [0.4, 0.5) is 0 Å². The van der Waals surface area contributed by atoms with E-state index in [-0.39, 0.29) is 18.3 Å². The lowest BCUT2D eigenvalue weighted by molar-refractivity contribution is 0.0561. The molecule has 0 bridgehead atoms. The predicted molar refractivity (Wildman–Crippen MR) is 97.8 cm³/mol. The van der Waals surface area contributed by atoms with Gasteiger partial charge in [-0.25, -0.2) is 0 Å². The molecule has 2 fully saturated rings. The van der Waals surface area contributed by atoms with Gasteiger partial charge in [-0.1, -0.05) is 17.3 Å². The molecule has 1 amide bonds. The van der Waals surface area contributed by atoms with Crippen molar-refractivity contribution in [2.75, 3.05) is 26.2 Å². The molecule has 7 nitrogen and oxygen atoms in total. The third-order valence-corrected chi connectivity index (χ3v) is 5.27. The standard InChI is InChI=1S/C20H23N3O4/c1-14(24)15-4-2-6-17(10-15)26-13-18-11-19(21-27-18)20(25)23-9-8-22-7-3-5-16(22)12-23/h2,4,6,10-11,16H,3,5,7-9,12-13H2,1H3/t16-/m0/s1. The van der Waals surface area contributed by atoms with Crippen LogP contribution in [0.15, 0.2) is 34.9 Å². The van der Waals surface area contributed by atoms with Crippen molar-refractivity contribution in [3.63, 3.8) is 0 Å². The Hall–Kier alpha value is -2.67. The number of hydrogen-bond acceptors (Lipinski definition) is 6. The van der Waals surface area contributed by atoms with Gasteiger partial charge in [-0.3, -0.25) is 14.5 Å². The second-order valence-corrected chi connectivity index (χ2v) is 7.13. The number of nitrogens with zero attached hydrogens (tertiary/aromatic N) is 3. The summed E-state index contributed by atoms with van der Waals surface area (Å²) in [6.45, 7) is 5.22. The lowest BCUT2D eigenvalue weighted by Crippen LogP contribution is -2.52. The maximum absolute atomic E-state index is 12.7. The van der Waals surface area contributed by atoms with Crippen molar-refractivity contribution in [3.05, 3.63) is 47.3 Å². The number of hydrogen-bond donors (Lipinski definition) is 0. The van der Waals surface area contributed by atoms with Crippen LogP contribution in [0.5, 0.6) is 5.75 Å². The molecular formula is C20H23N3O4. The van der Waals surface area contributed by atoms with Gasteiger partial charge in [-0.2, -0.15) is 0 Å². The van der Waals surface area contributed by atoms with Crippen LogP contribution in [0.1, 0.15) is 46.4 Å². The quantitative estimate of drug-likeness (QED) is 0.753. The molecule has 0 unspecified atom stereocenters. The highest BCUT2D eigenvalue weighted by molar-refractivity contribution is 5.94. The van der Waals surface area contributed by atoms with Gasteiger partial charge < -0.3 is 14.2 Å². The summed E-state index contributed by atoms with van der Waals surface area (Å²) in [6.07, 6.45) is 2.37. The lowest BCUT2D eigenvalue weighted by atomic mass is 10.1. The maximum Gasteiger partial charge on any atom is 0.276 e. The third kappa shape index (κ3) is 3.88. The Morgan fingerprint density at radius 3 is 3.00 bits per heavy atom. The van der Waals surface area contributed by atoms with E-state index in [9.17, 15) is 9.59 Å². The molecule has 2 aliphatic heterocycles. The van der Waals surface area contributed by atoms with Gasteiger partial charge in [-0.05, 0) is 38.4 Å². The molecule has 1 aromatic heterocycles. The summed E-state index contributed by atoms with van der Waals surface area (Å²) in [7, 11) is 0. The van der Waals surface area contributed by atoms with E-state index in [1.807, 2.05) is 4.90 Å². The summed E-state index contributed by atoms with van der Waals surface area (Å²) in [5.74, 6) is 0.945. The fourth-order valence-corrected chi connectivity index (χ4v) is 3.78. The van der Waals surface area contributed by atoms with Crippen LogP contribution in [-0.2, 0) is 6.61 Å².